The first-order chi connectivity index (χ1) is 16.7. The summed E-state index contributed by atoms with van der Waals surface area (Å²) < 4.78 is 0. The van der Waals surface area contributed by atoms with E-state index < -0.39 is 11.0 Å². The monoisotopic (exact) mass is 465 g/mol. The molecule has 1 saturated heterocycles. The number of carbonyl (C=O) groups is 1. The number of β-amino-alcohol motifs (C(OH)–C–C–N with tert-alkyl or cyclic N) is 1. The fourth-order valence-electron chi connectivity index (χ4n) is 4.35. The molecule has 3 aromatic rings. The van der Waals surface area contributed by atoms with Crippen molar-refractivity contribution in [1.82, 2.24) is 15.0 Å². The molecule has 2 fully saturated rings. The number of nitriles is 2. The van der Waals surface area contributed by atoms with Gasteiger partial charge >= 0.3 is 0 Å². The Hall–Kier alpha value is -4.34. The van der Waals surface area contributed by atoms with Crippen molar-refractivity contribution in [3.8, 4) is 23.3 Å². The number of rotatable bonds is 5. The predicted molar refractivity (Wildman–Crippen MR) is 128 cm³/mol. The molecule has 1 saturated carbocycles. The highest BCUT2D eigenvalue weighted by molar-refractivity contribution is 6.04. The standard InChI is InChI=1S/C26H23N7O2/c1-16-21(19-7-18(10-27)23(31-11-19)33-14-25(2,35)15-33)9-20(12-30-16)32-24(34)17-3-6-29-22(8-17)26(13-28)4-5-26/h3,6-9,11-12,35H,4-5,14-15H2,1-2H3,(H,32,34). The van der Waals surface area contributed by atoms with E-state index in [1.54, 1.807) is 49.8 Å². The number of aryl methyl sites for hydroxylation is 1. The molecular weight excluding hydrogens is 442 g/mol. The summed E-state index contributed by atoms with van der Waals surface area (Å²) in [7, 11) is 0. The normalized spacial score (nSPS) is 17.0. The lowest BCUT2D eigenvalue weighted by atomic mass is 9.96. The number of nitrogens with zero attached hydrogens (tertiary/aromatic N) is 6. The zero-order valence-corrected chi connectivity index (χ0v) is 19.4. The minimum absolute atomic E-state index is 0.324. The minimum atomic E-state index is -0.774. The van der Waals surface area contributed by atoms with Gasteiger partial charge in [0.05, 0.1) is 40.2 Å². The van der Waals surface area contributed by atoms with Crippen LogP contribution in [0.4, 0.5) is 11.5 Å². The number of pyridine rings is 3. The van der Waals surface area contributed by atoms with Gasteiger partial charge in [0.25, 0.3) is 5.91 Å². The molecule has 0 unspecified atom stereocenters. The molecule has 1 amide bonds. The van der Waals surface area contributed by atoms with Crippen molar-refractivity contribution in [2.75, 3.05) is 23.3 Å². The lowest BCUT2D eigenvalue weighted by Crippen LogP contribution is -2.60. The van der Waals surface area contributed by atoms with Crippen LogP contribution < -0.4 is 10.2 Å². The van der Waals surface area contributed by atoms with E-state index in [4.69, 9.17) is 0 Å². The first-order valence-electron chi connectivity index (χ1n) is 11.3. The molecule has 2 aliphatic rings. The van der Waals surface area contributed by atoms with Gasteiger partial charge in [-0.25, -0.2) is 4.98 Å². The summed E-state index contributed by atoms with van der Waals surface area (Å²) in [5.41, 5.74) is 2.77. The summed E-state index contributed by atoms with van der Waals surface area (Å²) in [5, 5.41) is 32.0. The van der Waals surface area contributed by atoms with Crippen LogP contribution in [-0.4, -0.2) is 44.7 Å². The van der Waals surface area contributed by atoms with Crippen LogP contribution in [0.2, 0.25) is 0 Å². The van der Waals surface area contributed by atoms with E-state index in [1.165, 1.54) is 0 Å². The Balaban J connectivity index is 1.39. The van der Waals surface area contributed by atoms with Gasteiger partial charge in [-0.2, -0.15) is 10.5 Å². The van der Waals surface area contributed by atoms with Crippen molar-refractivity contribution in [3.63, 3.8) is 0 Å². The zero-order valence-electron chi connectivity index (χ0n) is 19.4. The minimum Gasteiger partial charge on any atom is -0.386 e. The Labute approximate surface area is 202 Å². The number of amides is 1. The zero-order chi connectivity index (χ0) is 24.8. The molecule has 0 radical (unpaired) electrons. The van der Waals surface area contributed by atoms with Gasteiger partial charge in [-0.3, -0.25) is 14.8 Å². The smallest absolute Gasteiger partial charge is 0.255 e. The highest BCUT2D eigenvalue weighted by atomic mass is 16.3. The number of aliphatic hydroxyl groups is 1. The van der Waals surface area contributed by atoms with Gasteiger partial charge in [-0.15, -0.1) is 0 Å². The molecule has 3 aromatic heterocycles. The average Bonchev–Trinajstić information content (AvgIpc) is 3.65. The third kappa shape index (κ3) is 4.18. The fourth-order valence-corrected chi connectivity index (χ4v) is 4.35. The highest BCUT2D eigenvalue weighted by Gasteiger charge is 2.46. The maximum atomic E-state index is 12.9. The molecule has 4 heterocycles. The van der Waals surface area contributed by atoms with Crippen molar-refractivity contribution in [2.24, 2.45) is 0 Å². The number of anilines is 2. The molecule has 9 heteroatoms. The lowest BCUT2D eigenvalue weighted by Gasteiger charge is -2.45. The maximum absolute atomic E-state index is 12.9. The van der Waals surface area contributed by atoms with Gasteiger partial charge in [0, 0.05) is 47.9 Å². The fraction of sp³-hybridized carbons (Fsp3) is 0.308. The van der Waals surface area contributed by atoms with Crippen LogP contribution in [0.25, 0.3) is 11.1 Å². The van der Waals surface area contributed by atoms with Gasteiger partial charge in [0.1, 0.15) is 11.9 Å². The van der Waals surface area contributed by atoms with Gasteiger partial charge in [0.15, 0.2) is 0 Å². The molecule has 174 valence electrons. The maximum Gasteiger partial charge on any atom is 0.255 e. The SMILES string of the molecule is Cc1ncc(NC(=O)c2ccnc(C3(C#N)CC3)c2)cc1-c1cnc(N2CC(C)(O)C2)c(C#N)c1. The number of carbonyl (C=O) groups excluding carboxylic acids is 1. The second-order valence-corrected chi connectivity index (χ2v) is 9.49. The molecule has 0 spiro atoms. The Morgan fingerprint density at radius 3 is 2.57 bits per heavy atom. The van der Waals surface area contributed by atoms with Crippen molar-refractivity contribution in [2.45, 2.75) is 37.7 Å². The van der Waals surface area contributed by atoms with Gasteiger partial charge in [-0.1, -0.05) is 0 Å². The van der Waals surface area contributed by atoms with Gasteiger partial charge < -0.3 is 15.3 Å². The van der Waals surface area contributed by atoms with Gasteiger partial charge in [0.2, 0.25) is 0 Å². The summed E-state index contributed by atoms with van der Waals surface area (Å²) in [6.07, 6.45) is 6.30. The molecule has 0 atom stereocenters. The topological polar surface area (TPSA) is 139 Å². The molecule has 1 aliphatic heterocycles. The Morgan fingerprint density at radius 2 is 1.91 bits per heavy atom. The molecule has 5 rings (SSSR count). The molecule has 0 bridgehead atoms. The first kappa shape index (κ1) is 22.5. The number of aromatic nitrogens is 3. The third-order valence-corrected chi connectivity index (χ3v) is 6.48. The first-order valence-corrected chi connectivity index (χ1v) is 11.3. The molecule has 2 N–H and O–H groups in total. The van der Waals surface area contributed by atoms with E-state index in [0.717, 1.165) is 24.1 Å². The average molecular weight is 466 g/mol. The molecular formula is C26H23N7O2. The summed E-state index contributed by atoms with van der Waals surface area (Å²) in [6, 6.07) is 11.3. The Kier molecular flexibility index (Phi) is 5.23. The van der Waals surface area contributed by atoms with Crippen molar-refractivity contribution in [3.05, 3.63) is 65.4 Å². The van der Waals surface area contributed by atoms with Crippen LogP contribution in [0, 0.1) is 29.6 Å². The summed E-state index contributed by atoms with van der Waals surface area (Å²) in [6.45, 7) is 4.43. The van der Waals surface area contributed by atoms with E-state index in [0.29, 0.717) is 47.0 Å². The highest BCUT2D eigenvalue weighted by Crippen LogP contribution is 2.46. The van der Waals surface area contributed by atoms with Crippen LogP contribution in [0.1, 0.15) is 47.1 Å². The predicted octanol–water partition coefficient (Wildman–Crippen LogP) is 3.10. The summed E-state index contributed by atoms with van der Waals surface area (Å²) in [5.74, 6) is 0.215. The Morgan fingerprint density at radius 1 is 1.14 bits per heavy atom. The van der Waals surface area contributed by atoms with Crippen molar-refractivity contribution in [1.29, 1.82) is 10.5 Å². The summed E-state index contributed by atoms with van der Waals surface area (Å²) >= 11 is 0. The molecule has 0 aromatic carbocycles. The lowest BCUT2D eigenvalue weighted by molar-refractivity contribution is 0.0305. The number of hydrogen-bond acceptors (Lipinski definition) is 8. The molecule has 35 heavy (non-hydrogen) atoms. The molecule has 9 nitrogen and oxygen atoms in total. The Bertz CT molecular complexity index is 1420. The van der Waals surface area contributed by atoms with Crippen LogP contribution >= 0.6 is 0 Å². The molecule has 1 aliphatic carbocycles. The van der Waals surface area contributed by atoms with E-state index in [2.05, 4.69) is 32.4 Å². The van der Waals surface area contributed by atoms with Gasteiger partial charge in [-0.05, 0) is 51.0 Å². The van der Waals surface area contributed by atoms with E-state index in [-0.39, 0.29) is 5.91 Å². The number of hydrogen-bond donors (Lipinski definition) is 2. The second-order valence-electron chi connectivity index (χ2n) is 9.49. The van der Waals surface area contributed by atoms with Crippen LogP contribution in [-0.2, 0) is 5.41 Å². The summed E-state index contributed by atoms with van der Waals surface area (Å²) in [4.78, 5) is 28.0. The van der Waals surface area contributed by atoms with E-state index in [1.807, 2.05) is 11.8 Å². The van der Waals surface area contributed by atoms with Crippen molar-refractivity contribution < 1.29 is 9.90 Å². The largest absolute Gasteiger partial charge is 0.386 e. The second kappa shape index (κ2) is 8.15. The van der Waals surface area contributed by atoms with E-state index >= 15 is 0 Å². The van der Waals surface area contributed by atoms with Crippen LogP contribution in [0.5, 0.6) is 0 Å². The third-order valence-electron chi connectivity index (χ3n) is 6.48. The van der Waals surface area contributed by atoms with Crippen LogP contribution in [0.15, 0.2) is 42.9 Å². The van der Waals surface area contributed by atoms with Crippen molar-refractivity contribution >= 4 is 17.4 Å². The van der Waals surface area contributed by atoms with Crippen LogP contribution in [0.3, 0.4) is 0 Å². The van der Waals surface area contributed by atoms with E-state index in [9.17, 15) is 20.4 Å². The quantitative estimate of drug-likeness (QED) is 0.586. The number of nitrogens with one attached hydrogen (secondary N) is 1.